The van der Waals surface area contributed by atoms with Crippen LogP contribution in [0.15, 0.2) is 12.2 Å². The van der Waals surface area contributed by atoms with Crippen LogP contribution in [0.3, 0.4) is 0 Å². The van der Waals surface area contributed by atoms with Gasteiger partial charge < -0.3 is 25.0 Å². The zero-order valence-corrected chi connectivity index (χ0v) is 22.7. The van der Waals surface area contributed by atoms with Crippen LogP contribution in [0.5, 0.6) is 0 Å². The van der Waals surface area contributed by atoms with Gasteiger partial charge in [0.05, 0.1) is 13.0 Å². The largest absolute Gasteiger partial charge is 0.464 e. The number of carbonyl (C=O) groups excluding carboxylic acids is 4. The molecule has 1 saturated carbocycles. The van der Waals surface area contributed by atoms with Crippen LogP contribution in [-0.4, -0.2) is 72.1 Å². The summed E-state index contributed by atoms with van der Waals surface area (Å²) in [6.07, 6.45) is 8.77. The molecule has 0 spiro atoms. The van der Waals surface area contributed by atoms with Crippen molar-refractivity contribution in [3.8, 4) is 0 Å². The smallest absolute Gasteiger partial charge is 0.332 e. The molecular weight excluding hydrogens is 474 g/mol. The van der Waals surface area contributed by atoms with E-state index in [1.54, 1.807) is 11.8 Å². The second kappa shape index (κ2) is 11.1. The molecule has 0 unspecified atom stereocenters. The van der Waals surface area contributed by atoms with Gasteiger partial charge in [0.2, 0.25) is 11.8 Å². The van der Waals surface area contributed by atoms with Gasteiger partial charge in [-0.25, -0.2) is 4.79 Å². The second-order valence-corrected chi connectivity index (χ2v) is 12.1. The van der Waals surface area contributed by atoms with Gasteiger partial charge in [0.25, 0.3) is 0 Å². The van der Waals surface area contributed by atoms with E-state index in [4.69, 9.17) is 9.47 Å². The molecule has 206 valence electrons. The number of allylic oxidation sites excluding steroid dienone is 1. The van der Waals surface area contributed by atoms with E-state index >= 15 is 0 Å². The summed E-state index contributed by atoms with van der Waals surface area (Å²) >= 11 is 0. The molecule has 6 atom stereocenters. The molecule has 2 saturated heterocycles. The van der Waals surface area contributed by atoms with E-state index in [9.17, 15) is 19.2 Å². The Hall–Kier alpha value is -2.42. The van der Waals surface area contributed by atoms with Crippen LogP contribution in [-0.2, 0) is 28.7 Å². The highest BCUT2D eigenvalue weighted by Crippen LogP contribution is 2.47. The van der Waals surface area contributed by atoms with E-state index in [0.29, 0.717) is 25.9 Å². The van der Waals surface area contributed by atoms with Crippen LogP contribution < -0.4 is 10.6 Å². The molecule has 1 aliphatic carbocycles. The monoisotopic (exact) mass is 517 g/mol. The molecule has 0 radical (unpaired) electrons. The number of nitrogens with one attached hydrogen (secondary N) is 2. The van der Waals surface area contributed by atoms with Crippen molar-refractivity contribution in [2.75, 3.05) is 26.2 Å². The molecule has 4 rings (SSSR count). The molecule has 0 aromatic heterocycles. The van der Waals surface area contributed by atoms with Crippen molar-refractivity contribution in [1.29, 1.82) is 0 Å². The van der Waals surface area contributed by atoms with Gasteiger partial charge in [0.15, 0.2) is 0 Å². The van der Waals surface area contributed by atoms with Gasteiger partial charge in [-0.1, -0.05) is 25.0 Å². The number of amides is 2. The van der Waals surface area contributed by atoms with E-state index in [1.807, 2.05) is 26.8 Å². The quantitative estimate of drug-likeness (QED) is 0.435. The first-order valence-corrected chi connectivity index (χ1v) is 13.9. The molecule has 3 aliphatic heterocycles. The summed E-state index contributed by atoms with van der Waals surface area (Å²) in [5.74, 6) is -1.79. The van der Waals surface area contributed by atoms with Crippen LogP contribution >= 0.6 is 0 Å². The molecule has 0 aromatic carbocycles. The normalized spacial score (nSPS) is 35.2. The fourth-order valence-electron chi connectivity index (χ4n) is 6.21. The molecule has 4 aliphatic rings. The molecule has 0 aromatic rings. The molecule has 3 heterocycles. The minimum atomic E-state index is -1.07. The van der Waals surface area contributed by atoms with Gasteiger partial charge >= 0.3 is 11.9 Å². The summed E-state index contributed by atoms with van der Waals surface area (Å²) < 4.78 is 10.9. The lowest BCUT2D eigenvalue weighted by Gasteiger charge is -2.32. The van der Waals surface area contributed by atoms with E-state index in [1.165, 1.54) is 0 Å². The molecule has 2 N–H and O–H groups in total. The van der Waals surface area contributed by atoms with Crippen molar-refractivity contribution < 1.29 is 28.7 Å². The third-order valence-corrected chi connectivity index (χ3v) is 8.09. The van der Waals surface area contributed by atoms with Crippen LogP contribution in [0.2, 0.25) is 0 Å². The molecule has 3 fully saturated rings. The Morgan fingerprint density at radius 2 is 1.95 bits per heavy atom. The van der Waals surface area contributed by atoms with E-state index in [-0.39, 0.29) is 42.6 Å². The summed E-state index contributed by atoms with van der Waals surface area (Å²) in [5.41, 5.74) is -1.70. The summed E-state index contributed by atoms with van der Waals surface area (Å²) in [6.45, 7) is 9.29. The van der Waals surface area contributed by atoms with E-state index < -0.39 is 35.0 Å². The predicted octanol–water partition coefficient (Wildman–Crippen LogP) is 2.34. The predicted molar refractivity (Wildman–Crippen MR) is 137 cm³/mol. The van der Waals surface area contributed by atoms with Crippen molar-refractivity contribution in [2.24, 2.45) is 23.7 Å². The number of fused-ring (bicyclic) bond motifs is 4. The van der Waals surface area contributed by atoms with Crippen LogP contribution in [0.25, 0.3) is 0 Å². The number of nitrogens with zero attached hydrogens (tertiary/aromatic N) is 1. The van der Waals surface area contributed by atoms with Crippen LogP contribution in [0.1, 0.15) is 72.6 Å². The Morgan fingerprint density at radius 3 is 2.68 bits per heavy atom. The Bertz CT molecular complexity index is 927. The summed E-state index contributed by atoms with van der Waals surface area (Å²) in [4.78, 5) is 55.2. The van der Waals surface area contributed by atoms with Gasteiger partial charge in [0.1, 0.15) is 17.2 Å². The minimum Gasteiger partial charge on any atom is -0.464 e. The second-order valence-electron chi connectivity index (χ2n) is 12.1. The van der Waals surface area contributed by atoms with Gasteiger partial charge in [-0.3, -0.25) is 14.4 Å². The first kappa shape index (κ1) is 27.6. The first-order chi connectivity index (χ1) is 17.6. The number of rotatable bonds is 4. The highest BCUT2D eigenvalue weighted by molar-refractivity contribution is 5.96. The number of carbonyl (C=O) groups is 4. The lowest BCUT2D eigenvalue weighted by molar-refractivity contribution is -0.159. The molecule has 2 amide bonds. The standard InChI is InChI=1S/C28H43N3O6/c1-5-36-26(35)28-14-20(28)12-10-8-6-7-9-11-18(13-22(32)37-27(2,3)4)25(34)31-17-19-15-29-16-21(19)23(31)24(33)30-28/h10,12,18-21,23,29H,5-9,11,13-17H2,1-4H3,(H,30,33)/b12-10-/t18-,19+,20-,21+,23+,28-/m1/s1. The Morgan fingerprint density at radius 1 is 1.16 bits per heavy atom. The molecule has 0 bridgehead atoms. The Balaban J connectivity index is 1.61. The SMILES string of the molecule is CCOC(=O)[C@@]12C[C@H]1/C=C\CCCCC[C@H](CC(=O)OC(C)(C)C)C(=O)N1C[C@@H]3CNC[C@@H]3[C@H]1C(=O)N2. The number of hydrogen-bond donors (Lipinski definition) is 2. The lowest BCUT2D eigenvalue weighted by Crippen LogP contribution is -2.56. The fraction of sp³-hybridized carbons (Fsp3) is 0.786. The maximum Gasteiger partial charge on any atom is 0.332 e. The van der Waals surface area contributed by atoms with Crippen LogP contribution in [0.4, 0.5) is 0 Å². The number of hydrogen-bond acceptors (Lipinski definition) is 7. The summed E-state index contributed by atoms with van der Waals surface area (Å²) in [6, 6.07) is -0.685. The number of ether oxygens (including phenoxy) is 2. The minimum absolute atomic E-state index is 0.00324. The maximum atomic E-state index is 14.0. The summed E-state index contributed by atoms with van der Waals surface area (Å²) in [5, 5.41) is 6.39. The van der Waals surface area contributed by atoms with Gasteiger partial charge in [-0.15, -0.1) is 0 Å². The van der Waals surface area contributed by atoms with Crippen molar-refractivity contribution in [1.82, 2.24) is 15.5 Å². The van der Waals surface area contributed by atoms with Gasteiger partial charge in [0, 0.05) is 37.4 Å². The average molecular weight is 518 g/mol. The highest BCUT2D eigenvalue weighted by Gasteiger charge is 2.63. The molecule has 9 nitrogen and oxygen atoms in total. The van der Waals surface area contributed by atoms with Crippen LogP contribution in [0, 0.1) is 23.7 Å². The van der Waals surface area contributed by atoms with Gasteiger partial charge in [-0.05, 0) is 59.3 Å². The Labute approximate surface area is 220 Å². The van der Waals surface area contributed by atoms with Crippen molar-refractivity contribution in [3.63, 3.8) is 0 Å². The van der Waals surface area contributed by atoms with Gasteiger partial charge in [-0.2, -0.15) is 0 Å². The molecule has 37 heavy (non-hydrogen) atoms. The Kier molecular flexibility index (Phi) is 8.31. The molecular formula is C28H43N3O6. The fourth-order valence-corrected chi connectivity index (χ4v) is 6.21. The van der Waals surface area contributed by atoms with Crippen molar-refractivity contribution in [2.45, 2.75) is 89.8 Å². The topological polar surface area (TPSA) is 114 Å². The number of esters is 2. The van der Waals surface area contributed by atoms with E-state index in [2.05, 4.69) is 16.7 Å². The lowest BCUT2D eigenvalue weighted by atomic mass is 9.92. The van der Waals surface area contributed by atoms with Crippen molar-refractivity contribution in [3.05, 3.63) is 12.2 Å². The average Bonchev–Trinajstić information content (AvgIpc) is 3.12. The molecule has 9 heteroatoms. The highest BCUT2D eigenvalue weighted by atomic mass is 16.6. The zero-order chi connectivity index (χ0) is 26.8. The third kappa shape index (κ3) is 6.19. The summed E-state index contributed by atoms with van der Waals surface area (Å²) in [7, 11) is 0. The third-order valence-electron chi connectivity index (χ3n) is 8.09. The zero-order valence-electron chi connectivity index (χ0n) is 22.7. The maximum absolute atomic E-state index is 14.0. The van der Waals surface area contributed by atoms with Crippen molar-refractivity contribution >= 4 is 23.8 Å². The first-order valence-electron chi connectivity index (χ1n) is 13.9. The van der Waals surface area contributed by atoms with E-state index in [0.717, 1.165) is 32.2 Å².